The van der Waals surface area contributed by atoms with E-state index in [1.807, 2.05) is 18.2 Å². The number of amides is 1. The Morgan fingerprint density at radius 2 is 1.88 bits per heavy atom. The van der Waals surface area contributed by atoms with Crippen molar-refractivity contribution >= 4 is 18.5 Å². The SMILES string of the molecule is COc1cccc(OC)c1CN1CCC(NC(=O)CCCS)CC1. The fraction of sp³-hybridized carbons (Fsp3) is 0.611. The Bertz CT molecular complexity index is 509. The zero-order valence-electron chi connectivity index (χ0n) is 14.6. The summed E-state index contributed by atoms with van der Waals surface area (Å²) in [7, 11) is 3.37. The van der Waals surface area contributed by atoms with E-state index in [0.717, 1.165) is 61.7 Å². The van der Waals surface area contributed by atoms with Crippen molar-refractivity contribution in [3.05, 3.63) is 23.8 Å². The molecule has 0 unspecified atom stereocenters. The number of rotatable bonds is 8. The van der Waals surface area contributed by atoms with Crippen LogP contribution in [-0.2, 0) is 11.3 Å². The molecule has 1 aromatic carbocycles. The van der Waals surface area contributed by atoms with Crippen LogP contribution in [0.1, 0.15) is 31.2 Å². The van der Waals surface area contributed by atoms with Gasteiger partial charge in [-0.05, 0) is 37.1 Å². The molecule has 1 amide bonds. The summed E-state index contributed by atoms with van der Waals surface area (Å²) in [5.41, 5.74) is 1.08. The van der Waals surface area contributed by atoms with Crippen molar-refractivity contribution in [2.45, 2.75) is 38.3 Å². The van der Waals surface area contributed by atoms with E-state index in [2.05, 4.69) is 22.8 Å². The van der Waals surface area contributed by atoms with Gasteiger partial charge in [0.15, 0.2) is 0 Å². The Morgan fingerprint density at radius 1 is 1.25 bits per heavy atom. The van der Waals surface area contributed by atoms with Gasteiger partial charge in [-0.1, -0.05) is 6.07 Å². The first-order valence-electron chi connectivity index (χ1n) is 8.50. The molecule has 24 heavy (non-hydrogen) atoms. The standard InChI is InChI=1S/C18H28N2O3S/c1-22-16-5-3-6-17(23-2)15(16)13-20-10-8-14(9-11-20)19-18(21)7-4-12-24/h3,5-6,14,24H,4,7-13H2,1-2H3,(H,19,21). The zero-order valence-corrected chi connectivity index (χ0v) is 15.5. The summed E-state index contributed by atoms with van der Waals surface area (Å²) in [6.07, 6.45) is 3.36. The lowest BCUT2D eigenvalue weighted by molar-refractivity contribution is -0.122. The fourth-order valence-electron chi connectivity index (χ4n) is 3.08. The lowest BCUT2D eigenvalue weighted by atomic mass is 10.0. The van der Waals surface area contributed by atoms with Crippen LogP contribution in [0.3, 0.4) is 0 Å². The lowest BCUT2D eigenvalue weighted by Gasteiger charge is -2.33. The summed E-state index contributed by atoms with van der Waals surface area (Å²) in [6, 6.07) is 6.15. The Hall–Kier alpha value is -1.40. The number of methoxy groups -OCH3 is 2. The summed E-state index contributed by atoms with van der Waals surface area (Å²) in [5, 5.41) is 3.13. The predicted molar refractivity (Wildman–Crippen MR) is 99.1 cm³/mol. The molecule has 2 rings (SSSR count). The molecule has 0 bridgehead atoms. The first kappa shape index (κ1) is 18.9. The number of hydrogen-bond donors (Lipinski definition) is 2. The molecule has 1 fully saturated rings. The Kier molecular flexibility index (Phi) is 7.72. The van der Waals surface area contributed by atoms with E-state index in [0.29, 0.717) is 6.42 Å². The topological polar surface area (TPSA) is 50.8 Å². The molecule has 1 aliphatic rings. The monoisotopic (exact) mass is 352 g/mol. The molecule has 5 nitrogen and oxygen atoms in total. The molecule has 0 aliphatic carbocycles. The largest absolute Gasteiger partial charge is 0.496 e. The van der Waals surface area contributed by atoms with E-state index in [-0.39, 0.29) is 11.9 Å². The van der Waals surface area contributed by atoms with Crippen molar-refractivity contribution < 1.29 is 14.3 Å². The van der Waals surface area contributed by atoms with Gasteiger partial charge in [0.2, 0.25) is 5.91 Å². The normalized spacial score (nSPS) is 16.0. The molecule has 1 saturated heterocycles. The lowest BCUT2D eigenvalue weighted by Crippen LogP contribution is -2.44. The average Bonchev–Trinajstić information content (AvgIpc) is 2.61. The van der Waals surface area contributed by atoms with Crippen molar-refractivity contribution in [3.8, 4) is 11.5 Å². The third kappa shape index (κ3) is 5.31. The number of piperidine rings is 1. The van der Waals surface area contributed by atoms with Gasteiger partial charge in [-0.3, -0.25) is 9.69 Å². The van der Waals surface area contributed by atoms with Crippen LogP contribution in [0.4, 0.5) is 0 Å². The smallest absolute Gasteiger partial charge is 0.220 e. The van der Waals surface area contributed by atoms with E-state index in [1.54, 1.807) is 14.2 Å². The summed E-state index contributed by atoms with van der Waals surface area (Å²) < 4.78 is 10.9. The molecule has 1 N–H and O–H groups in total. The van der Waals surface area contributed by atoms with Gasteiger partial charge < -0.3 is 14.8 Å². The van der Waals surface area contributed by atoms with Gasteiger partial charge in [-0.2, -0.15) is 12.6 Å². The molecule has 1 aromatic rings. The number of nitrogens with zero attached hydrogens (tertiary/aromatic N) is 1. The number of nitrogens with one attached hydrogen (secondary N) is 1. The summed E-state index contributed by atoms with van der Waals surface area (Å²) >= 11 is 4.15. The fourth-order valence-corrected chi connectivity index (χ4v) is 3.24. The maximum absolute atomic E-state index is 11.8. The van der Waals surface area contributed by atoms with Crippen LogP contribution in [0.25, 0.3) is 0 Å². The Balaban J connectivity index is 1.86. The number of thiol groups is 1. The van der Waals surface area contributed by atoms with Gasteiger partial charge in [0, 0.05) is 32.1 Å². The summed E-state index contributed by atoms with van der Waals surface area (Å²) in [5.74, 6) is 2.62. The van der Waals surface area contributed by atoms with E-state index in [4.69, 9.17) is 9.47 Å². The van der Waals surface area contributed by atoms with Gasteiger partial charge in [0.25, 0.3) is 0 Å². The quantitative estimate of drug-likeness (QED) is 0.706. The van der Waals surface area contributed by atoms with Crippen molar-refractivity contribution in [1.82, 2.24) is 10.2 Å². The minimum atomic E-state index is 0.147. The van der Waals surface area contributed by atoms with Crippen LogP contribution in [0.5, 0.6) is 11.5 Å². The number of carbonyl (C=O) groups is 1. The van der Waals surface area contributed by atoms with E-state index in [9.17, 15) is 4.79 Å². The molecule has 1 heterocycles. The Morgan fingerprint density at radius 3 is 2.42 bits per heavy atom. The van der Waals surface area contributed by atoms with Crippen molar-refractivity contribution in [2.24, 2.45) is 0 Å². The van der Waals surface area contributed by atoms with Crippen LogP contribution >= 0.6 is 12.6 Å². The van der Waals surface area contributed by atoms with Crippen LogP contribution < -0.4 is 14.8 Å². The molecule has 0 radical (unpaired) electrons. The minimum absolute atomic E-state index is 0.147. The molecule has 134 valence electrons. The molecule has 0 atom stereocenters. The van der Waals surface area contributed by atoms with Gasteiger partial charge in [0.1, 0.15) is 11.5 Å². The van der Waals surface area contributed by atoms with Crippen molar-refractivity contribution in [1.29, 1.82) is 0 Å². The molecular weight excluding hydrogens is 324 g/mol. The van der Waals surface area contributed by atoms with Gasteiger partial charge >= 0.3 is 0 Å². The Labute approximate surface area is 150 Å². The van der Waals surface area contributed by atoms with Gasteiger partial charge in [0.05, 0.1) is 19.8 Å². The first-order valence-corrected chi connectivity index (χ1v) is 9.13. The number of benzene rings is 1. The van der Waals surface area contributed by atoms with E-state index in [1.165, 1.54) is 0 Å². The van der Waals surface area contributed by atoms with Crippen LogP contribution in [0, 0.1) is 0 Å². The highest BCUT2D eigenvalue weighted by Gasteiger charge is 2.22. The number of ether oxygens (including phenoxy) is 2. The number of likely N-dealkylation sites (tertiary alicyclic amines) is 1. The minimum Gasteiger partial charge on any atom is -0.496 e. The summed E-state index contributed by atoms with van der Waals surface area (Å²) in [4.78, 5) is 14.2. The zero-order chi connectivity index (χ0) is 17.4. The van der Waals surface area contributed by atoms with E-state index < -0.39 is 0 Å². The highest BCUT2D eigenvalue weighted by molar-refractivity contribution is 7.80. The maximum Gasteiger partial charge on any atom is 0.220 e. The first-order chi connectivity index (χ1) is 11.7. The molecule has 0 spiro atoms. The highest BCUT2D eigenvalue weighted by atomic mass is 32.1. The third-order valence-electron chi connectivity index (χ3n) is 4.43. The number of carbonyl (C=O) groups excluding carboxylic acids is 1. The molecule has 0 aromatic heterocycles. The maximum atomic E-state index is 11.8. The molecule has 0 saturated carbocycles. The third-order valence-corrected chi connectivity index (χ3v) is 4.74. The van der Waals surface area contributed by atoms with E-state index >= 15 is 0 Å². The van der Waals surface area contributed by atoms with Gasteiger partial charge in [-0.15, -0.1) is 0 Å². The van der Waals surface area contributed by atoms with Crippen molar-refractivity contribution in [3.63, 3.8) is 0 Å². The van der Waals surface area contributed by atoms with Crippen LogP contribution in [0.15, 0.2) is 18.2 Å². The highest BCUT2D eigenvalue weighted by Crippen LogP contribution is 2.30. The second-order valence-corrected chi connectivity index (χ2v) is 6.53. The van der Waals surface area contributed by atoms with Crippen LogP contribution in [-0.4, -0.2) is 49.9 Å². The summed E-state index contributed by atoms with van der Waals surface area (Å²) in [6.45, 7) is 2.71. The molecular formula is C18H28N2O3S. The van der Waals surface area contributed by atoms with Gasteiger partial charge in [-0.25, -0.2) is 0 Å². The average molecular weight is 353 g/mol. The molecule has 1 aliphatic heterocycles. The predicted octanol–water partition coefficient (Wildman–Crippen LogP) is 2.49. The van der Waals surface area contributed by atoms with Crippen LogP contribution in [0.2, 0.25) is 0 Å². The second-order valence-electron chi connectivity index (χ2n) is 6.09. The second kappa shape index (κ2) is 9.79. The molecule has 6 heteroatoms. The number of hydrogen-bond acceptors (Lipinski definition) is 5. The van der Waals surface area contributed by atoms with Crippen molar-refractivity contribution in [2.75, 3.05) is 33.1 Å².